The Hall–Kier alpha value is -1.06. The van der Waals surface area contributed by atoms with E-state index in [0.29, 0.717) is 19.1 Å². The number of hydrogen-bond donors (Lipinski definition) is 0. The molecule has 0 bridgehead atoms. The summed E-state index contributed by atoms with van der Waals surface area (Å²) in [6.07, 6.45) is 4.37. The highest BCUT2D eigenvalue weighted by atomic mass is 16.6. The van der Waals surface area contributed by atoms with E-state index in [0.717, 1.165) is 32.1 Å². The number of hydrogen-bond acceptors (Lipinski definition) is 4. The average molecular weight is 328 g/mol. The maximum atomic E-state index is 12.5. The second-order valence-electron chi connectivity index (χ2n) is 7.06. The maximum absolute atomic E-state index is 12.5. The second-order valence-corrected chi connectivity index (χ2v) is 7.06. The summed E-state index contributed by atoms with van der Waals surface area (Å²) in [6, 6.07) is 0. The minimum Gasteiger partial charge on any atom is -0.465 e. The highest BCUT2D eigenvalue weighted by molar-refractivity contribution is 5.95. The van der Waals surface area contributed by atoms with E-state index in [-0.39, 0.29) is 11.8 Å². The summed E-state index contributed by atoms with van der Waals surface area (Å²) in [7, 11) is 0. The number of carbonyl (C=O) groups is 2. The molecule has 0 aromatic heterocycles. The van der Waals surface area contributed by atoms with Crippen molar-refractivity contribution in [2.45, 2.75) is 73.6 Å². The Morgan fingerprint density at radius 2 is 1.26 bits per heavy atom. The van der Waals surface area contributed by atoms with Gasteiger partial charge in [0.15, 0.2) is 5.92 Å². The van der Waals surface area contributed by atoms with E-state index in [1.165, 1.54) is 0 Å². The third-order valence-corrected chi connectivity index (χ3v) is 4.02. The van der Waals surface area contributed by atoms with Crippen LogP contribution in [0.3, 0.4) is 0 Å². The Morgan fingerprint density at radius 3 is 1.57 bits per heavy atom. The van der Waals surface area contributed by atoms with Gasteiger partial charge in [0, 0.05) is 0 Å². The Bertz CT molecular complexity index is 314. The van der Waals surface area contributed by atoms with Gasteiger partial charge in [0.2, 0.25) is 0 Å². The zero-order valence-corrected chi connectivity index (χ0v) is 15.9. The maximum Gasteiger partial charge on any atom is 0.320 e. The molecule has 0 N–H and O–H groups in total. The molecule has 136 valence electrons. The number of unbranched alkanes of at least 4 members (excludes halogenated alkanes) is 2. The lowest BCUT2D eigenvalue weighted by atomic mass is 9.78. The third kappa shape index (κ3) is 8.97. The van der Waals surface area contributed by atoms with Crippen LogP contribution in [0.2, 0.25) is 0 Å². The van der Waals surface area contributed by atoms with Crippen LogP contribution in [0.1, 0.15) is 73.6 Å². The molecule has 0 saturated carbocycles. The van der Waals surface area contributed by atoms with Gasteiger partial charge in [-0.1, -0.05) is 54.4 Å². The standard InChI is InChI=1S/C19H36O4/c1-7-9-11-22-18(20)17(19(21)23-12-10-8-2)16(15(5)6)13-14(3)4/h14-17H,7-13H2,1-6H3. The number of ether oxygens (including phenoxy) is 2. The normalized spacial score (nSPS) is 12.7. The van der Waals surface area contributed by atoms with Crippen molar-refractivity contribution in [3.05, 3.63) is 0 Å². The third-order valence-electron chi connectivity index (χ3n) is 4.02. The summed E-state index contributed by atoms with van der Waals surface area (Å²) in [5.41, 5.74) is 0. The Balaban J connectivity index is 5.07. The zero-order valence-electron chi connectivity index (χ0n) is 15.9. The summed E-state index contributed by atoms with van der Waals surface area (Å²) in [5.74, 6) is -1.04. The van der Waals surface area contributed by atoms with E-state index < -0.39 is 17.9 Å². The molecule has 1 unspecified atom stereocenters. The smallest absolute Gasteiger partial charge is 0.320 e. The van der Waals surface area contributed by atoms with Gasteiger partial charge >= 0.3 is 11.9 Å². The molecular formula is C19H36O4. The van der Waals surface area contributed by atoms with Crippen LogP contribution in [-0.4, -0.2) is 25.2 Å². The lowest BCUT2D eigenvalue weighted by Gasteiger charge is -2.28. The molecular weight excluding hydrogens is 292 g/mol. The summed E-state index contributed by atoms with van der Waals surface area (Å²) < 4.78 is 10.7. The Morgan fingerprint density at radius 1 is 0.826 bits per heavy atom. The molecule has 0 aromatic carbocycles. The fraction of sp³-hybridized carbons (Fsp3) is 0.895. The van der Waals surface area contributed by atoms with E-state index in [9.17, 15) is 9.59 Å². The molecule has 0 aliphatic heterocycles. The highest BCUT2D eigenvalue weighted by Crippen LogP contribution is 2.30. The predicted octanol–water partition coefficient (Wildman–Crippen LogP) is 4.61. The van der Waals surface area contributed by atoms with E-state index in [1.54, 1.807) is 0 Å². The van der Waals surface area contributed by atoms with Crippen molar-refractivity contribution in [3.8, 4) is 0 Å². The molecule has 0 radical (unpaired) electrons. The predicted molar refractivity (Wildman–Crippen MR) is 93.0 cm³/mol. The molecule has 0 fully saturated rings. The number of rotatable bonds is 12. The van der Waals surface area contributed by atoms with Crippen LogP contribution in [0.4, 0.5) is 0 Å². The van der Waals surface area contributed by atoms with Crippen LogP contribution >= 0.6 is 0 Å². The van der Waals surface area contributed by atoms with Crippen LogP contribution < -0.4 is 0 Å². The fourth-order valence-corrected chi connectivity index (χ4v) is 2.60. The summed E-state index contributed by atoms with van der Waals surface area (Å²) >= 11 is 0. The molecule has 0 rings (SSSR count). The van der Waals surface area contributed by atoms with Crippen LogP contribution in [0.25, 0.3) is 0 Å². The molecule has 0 aliphatic carbocycles. The van der Waals surface area contributed by atoms with Gasteiger partial charge in [-0.05, 0) is 37.0 Å². The SMILES string of the molecule is CCCCOC(=O)C(C(=O)OCCCC)C(CC(C)C)C(C)C. The quantitative estimate of drug-likeness (QED) is 0.298. The largest absolute Gasteiger partial charge is 0.465 e. The van der Waals surface area contributed by atoms with E-state index in [4.69, 9.17) is 9.47 Å². The molecule has 0 aromatic rings. The first-order valence-electron chi connectivity index (χ1n) is 9.18. The highest BCUT2D eigenvalue weighted by Gasteiger charge is 2.39. The Labute approximate surface area is 142 Å². The minimum absolute atomic E-state index is 0.0433. The van der Waals surface area contributed by atoms with Crippen molar-refractivity contribution in [3.63, 3.8) is 0 Å². The van der Waals surface area contributed by atoms with Crippen molar-refractivity contribution < 1.29 is 19.1 Å². The van der Waals surface area contributed by atoms with Gasteiger partial charge in [-0.25, -0.2) is 0 Å². The van der Waals surface area contributed by atoms with Gasteiger partial charge in [-0.3, -0.25) is 9.59 Å². The lowest BCUT2D eigenvalue weighted by Crippen LogP contribution is -2.37. The lowest BCUT2D eigenvalue weighted by molar-refractivity contribution is -0.166. The molecule has 0 saturated heterocycles. The Kier molecular flexibility index (Phi) is 11.8. The average Bonchev–Trinajstić information content (AvgIpc) is 2.46. The first-order valence-corrected chi connectivity index (χ1v) is 9.18. The molecule has 0 heterocycles. The topological polar surface area (TPSA) is 52.6 Å². The van der Waals surface area contributed by atoms with Crippen molar-refractivity contribution in [1.29, 1.82) is 0 Å². The van der Waals surface area contributed by atoms with Crippen molar-refractivity contribution in [1.82, 2.24) is 0 Å². The van der Waals surface area contributed by atoms with Crippen LogP contribution in [0.15, 0.2) is 0 Å². The van der Waals surface area contributed by atoms with Crippen LogP contribution in [-0.2, 0) is 19.1 Å². The number of esters is 2. The first kappa shape index (κ1) is 21.9. The summed E-state index contributed by atoms with van der Waals surface area (Å²) in [6.45, 7) is 13.2. The number of carbonyl (C=O) groups excluding carboxylic acids is 2. The molecule has 1 atom stereocenters. The molecule has 4 heteroatoms. The van der Waals surface area contributed by atoms with Gasteiger partial charge in [-0.2, -0.15) is 0 Å². The molecule has 4 nitrogen and oxygen atoms in total. The van der Waals surface area contributed by atoms with Crippen molar-refractivity contribution >= 4 is 11.9 Å². The molecule has 0 aliphatic rings. The van der Waals surface area contributed by atoms with E-state index >= 15 is 0 Å². The van der Waals surface area contributed by atoms with E-state index in [1.807, 2.05) is 13.8 Å². The summed E-state index contributed by atoms with van der Waals surface area (Å²) in [5, 5.41) is 0. The van der Waals surface area contributed by atoms with Gasteiger partial charge in [0.05, 0.1) is 13.2 Å². The van der Waals surface area contributed by atoms with Gasteiger partial charge in [0.1, 0.15) is 0 Å². The van der Waals surface area contributed by atoms with Crippen molar-refractivity contribution in [2.24, 2.45) is 23.7 Å². The molecule has 0 amide bonds. The van der Waals surface area contributed by atoms with Gasteiger partial charge in [-0.15, -0.1) is 0 Å². The van der Waals surface area contributed by atoms with Gasteiger partial charge < -0.3 is 9.47 Å². The monoisotopic (exact) mass is 328 g/mol. The van der Waals surface area contributed by atoms with Crippen LogP contribution in [0.5, 0.6) is 0 Å². The van der Waals surface area contributed by atoms with E-state index in [2.05, 4.69) is 27.7 Å². The van der Waals surface area contributed by atoms with Crippen molar-refractivity contribution in [2.75, 3.05) is 13.2 Å². The molecule has 0 spiro atoms. The second kappa shape index (κ2) is 12.4. The van der Waals surface area contributed by atoms with Crippen LogP contribution in [0, 0.1) is 23.7 Å². The minimum atomic E-state index is -0.800. The zero-order chi connectivity index (χ0) is 17.8. The molecule has 23 heavy (non-hydrogen) atoms. The fourth-order valence-electron chi connectivity index (χ4n) is 2.60. The summed E-state index contributed by atoms with van der Waals surface area (Å²) in [4.78, 5) is 25.0. The first-order chi connectivity index (χ1) is 10.8. The van der Waals surface area contributed by atoms with Gasteiger partial charge in [0.25, 0.3) is 0 Å².